The minimum atomic E-state index is -0.984. The molecule has 8 heteroatoms. The van der Waals surface area contributed by atoms with E-state index in [9.17, 15) is 14.4 Å². The van der Waals surface area contributed by atoms with Crippen molar-refractivity contribution < 1.29 is 29.0 Å². The van der Waals surface area contributed by atoms with Crippen LogP contribution in [0.4, 0.5) is 4.79 Å². The predicted molar refractivity (Wildman–Crippen MR) is 63.6 cm³/mol. The number of amides is 2. The van der Waals surface area contributed by atoms with Gasteiger partial charge in [0.1, 0.15) is 0 Å². The van der Waals surface area contributed by atoms with Crippen LogP contribution in [-0.2, 0) is 19.1 Å². The summed E-state index contributed by atoms with van der Waals surface area (Å²) in [5.74, 6) is -1.52. The Morgan fingerprint density at radius 2 is 2.21 bits per heavy atom. The molecule has 108 valence electrons. The maximum atomic E-state index is 11.9. The molecule has 1 fully saturated rings. The molecule has 0 aromatic heterocycles. The van der Waals surface area contributed by atoms with Gasteiger partial charge in [0, 0.05) is 12.6 Å². The van der Waals surface area contributed by atoms with Crippen LogP contribution in [0, 0.1) is 0 Å². The van der Waals surface area contributed by atoms with Crippen LogP contribution in [-0.4, -0.2) is 66.9 Å². The second kappa shape index (κ2) is 6.93. The topological polar surface area (TPSA) is 105 Å². The van der Waals surface area contributed by atoms with Crippen LogP contribution in [0.1, 0.15) is 13.3 Å². The SMILES string of the molecule is COC(=O)C1CN(C(=O)NC(C)CC(=O)O)CCO1. The van der Waals surface area contributed by atoms with E-state index in [0.717, 1.165) is 0 Å². The molecule has 1 heterocycles. The third-order valence-corrected chi connectivity index (χ3v) is 2.67. The first-order chi connectivity index (χ1) is 8.93. The molecule has 1 aliphatic rings. The summed E-state index contributed by atoms with van der Waals surface area (Å²) in [5, 5.41) is 11.2. The quantitative estimate of drug-likeness (QED) is 0.665. The first kappa shape index (κ1) is 15.2. The number of morpholine rings is 1. The number of nitrogens with zero attached hydrogens (tertiary/aromatic N) is 1. The smallest absolute Gasteiger partial charge is 0.336 e. The minimum Gasteiger partial charge on any atom is -0.481 e. The van der Waals surface area contributed by atoms with Gasteiger partial charge in [-0.05, 0) is 6.92 Å². The molecule has 1 rings (SSSR count). The van der Waals surface area contributed by atoms with Gasteiger partial charge in [-0.25, -0.2) is 9.59 Å². The summed E-state index contributed by atoms with van der Waals surface area (Å²) in [7, 11) is 1.25. The van der Waals surface area contributed by atoms with Crippen LogP contribution in [0.15, 0.2) is 0 Å². The summed E-state index contributed by atoms with van der Waals surface area (Å²) < 4.78 is 9.74. The first-order valence-corrected chi connectivity index (χ1v) is 5.90. The lowest BCUT2D eigenvalue weighted by molar-refractivity contribution is -0.158. The molecule has 2 N–H and O–H groups in total. The molecule has 2 atom stereocenters. The molecule has 0 radical (unpaired) electrons. The van der Waals surface area contributed by atoms with Crippen LogP contribution < -0.4 is 5.32 Å². The lowest BCUT2D eigenvalue weighted by Crippen LogP contribution is -2.53. The lowest BCUT2D eigenvalue weighted by Gasteiger charge is -2.32. The van der Waals surface area contributed by atoms with Crippen LogP contribution in [0.3, 0.4) is 0 Å². The van der Waals surface area contributed by atoms with Gasteiger partial charge < -0.3 is 24.8 Å². The number of urea groups is 1. The van der Waals surface area contributed by atoms with E-state index in [1.54, 1.807) is 6.92 Å². The highest BCUT2D eigenvalue weighted by Crippen LogP contribution is 2.07. The van der Waals surface area contributed by atoms with E-state index in [0.29, 0.717) is 6.54 Å². The van der Waals surface area contributed by atoms with E-state index >= 15 is 0 Å². The van der Waals surface area contributed by atoms with Crippen LogP contribution >= 0.6 is 0 Å². The number of ether oxygens (including phenoxy) is 2. The Bertz CT molecular complexity index is 359. The summed E-state index contributed by atoms with van der Waals surface area (Å²) in [5.41, 5.74) is 0. The van der Waals surface area contributed by atoms with Gasteiger partial charge in [0.15, 0.2) is 6.10 Å². The first-order valence-electron chi connectivity index (χ1n) is 5.90. The molecule has 2 unspecified atom stereocenters. The molecule has 0 spiro atoms. The third kappa shape index (κ3) is 4.74. The Kier molecular flexibility index (Phi) is 5.56. The number of hydrogen-bond donors (Lipinski definition) is 2. The van der Waals surface area contributed by atoms with E-state index in [1.807, 2.05) is 0 Å². The average molecular weight is 274 g/mol. The van der Waals surface area contributed by atoms with Crippen molar-refractivity contribution in [2.75, 3.05) is 26.8 Å². The fraction of sp³-hybridized carbons (Fsp3) is 0.727. The summed E-state index contributed by atoms with van der Waals surface area (Å²) in [4.78, 5) is 35.1. The Labute approximate surface area is 110 Å². The average Bonchev–Trinajstić information content (AvgIpc) is 2.36. The summed E-state index contributed by atoms with van der Waals surface area (Å²) in [6.45, 7) is 2.28. The molecule has 1 aliphatic heterocycles. The number of carbonyl (C=O) groups excluding carboxylic acids is 2. The zero-order valence-corrected chi connectivity index (χ0v) is 10.9. The van der Waals surface area contributed by atoms with Crippen molar-refractivity contribution in [1.29, 1.82) is 0 Å². The molecular formula is C11H18N2O6. The maximum Gasteiger partial charge on any atom is 0.336 e. The number of rotatable bonds is 4. The van der Waals surface area contributed by atoms with Crippen LogP contribution in [0.5, 0.6) is 0 Å². The van der Waals surface area contributed by atoms with E-state index < -0.39 is 30.1 Å². The van der Waals surface area contributed by atoms with E-state index in [2.05, 4.69) is 10.1 Å². The number of nitrogens with one attached hydrogen (secondary N) is 1. The number of hydrogen-bond acceptors (Lipinski definition) is 5. The molecule has 0 aliphatic carbocycles. The molecule has 0 bridgehead atoms. The molecule has 2 amide bonds. The third-order valence-electron chi connectivity index (χ3n) is 2.67. The molecule has 19 heavy (non-hydrogen) atoms. The Morgan fingerprint density at radius 3 is 2.79 bits per heavy atom. The van der Waals surface area contributed by atoms with Gasteiger partial charge in [0.2, 0.25) is 0 Å². The van der Waals surface area contributed by atoms with E-state index in [-0.39, 0.29) is 19.6 Å². The highest BCUT2D eigenvalue weighted by Gasteiger charge is 2.30. The molecule has 1 saturated heterocycles. The molecule has 8 nitrogen and oxygen atoms in total. The van der Waals surface area contributed by atoms with Crippen molar-refractivity contribution in [3.63, 3.8) is 0 Å². The summed E-state index contributed by atoms with van der Waals surface area (Å²) >= 11 is 0. The number of carboxylic acids is 1. The highest BCUT2D eigenvalue weighted by molar-refractivity contribution is 5.79. The number of carboxylic acid groups (broad SMARTS) is 1. The number of aliphatic carboxylic acids is 1. The Hall–Kier alpha value is -1.83. The second-order valence-corrected chi connectivity index (χ2v) is 4.28. The van der Waals surface area contributed by atoms with Crippen molar-refractivity contribution in [3.05, 3.63) is 0 Å². The zero-order valence-electron chi connectivity index (χ0n) is 10.9. The van der Waals surface area contributed by atoms with Gasteiger partial charge in [-0.1, -0.05) is 0 Å². The van der Waals surface area contributed by atoms with Crippen LogP contribution in [0.25, 0.3) is 0 Å². The zero-order chi connectivity index (χ0) is 14.4. The summed E-state index contributed by atoms with van der Waals surface area (Å²) in [6, 6.07) is -0.893. The fourth-order valence-electron chi connectivity index (χ4n) is 1.72. The fourth-order valence-corrected chi connectivity index (χ4v) is 1.72. The molecule has 0 aromatic rings. The Balaban J connectivity index is 2.48. The van der Waals surface area contributed by atoms with E-state index in [1.165, 1.54) is 12.0 Å². The second-order valence-electron chi connectivity index (χ2n) is 4.28. The van der Waals surface area contributed by atoms with Crippen molar-refractivity contribution >= 4 is 18.0 Å². The van der Waals surface area contributed by atoms with E-state index in [4.69, 9.17) is 9.84 Å². The van der Waals surface area contributed by atoms with Gasteiger partial charge in [-0.3, -0.25) is 4.79 Å². The molecule has 0 saturated carbocycles. The van der Waals surface area contributed by atoms with Gasteiger partial charge in [-0.2, -0.15) is 0 Å². The van der Waals surface area contributed by atoms with Crippen molar-refractivity contribution in [2.45, 2.75) is 25.5 Å². The normalized spacial score (nSPS) is 20.5. The summed E-state index contributed by atoms with van der Waals surface area (Å²) in [6.07, 6.45) is -0.949. The lowest BCUT2D eigenvalue weighted by atomic mass is 10.2. The van der Waals surface area contributed by atoms with Crippen molar-refractivity contribution in [1.82, 2.24) is 10.2 Å². The molecular weight excluding hydrogens is 256 g/mol. The standard InChI is InChI=1S/C11H18N2O6/c1-7(5-9(14)15)12-11(17)13-3-4-19-8(6-13)10(16)18-2/h7-8H,3-6H2,1-2H3,(H,12,17)(H,14,15). The number of carbonyl (C=O) groups is 3. The highest BCUT2D eigenvalue weighted by atomic mass is 16.6. The van der Waals surface area contributed by atoms with Gasteiger partial charge in [-0.15, -0.1) is 0 Å². The number of esters is 1. The Morgan fingerprint density at radius 1 is 1.53 bits per heavy atom. The van der Waals surface area contributed by atoms with Crippen LogP contribution in [0.2, 0.25) is 0 Å². The van der Waals surface area contributed by atoms with Gasteiger partial charge >= 0.3 is 18.0 Å². The largest absolute Gasteiger partial charge is 0.481 e. The maximum absolute atomic E-state index is 11.9. The van der Waals surface area contributed by atoms with Gasteiger partial charge in [0.05, 0.1) is 26.7 Å². The van der Waals surface area contributed by atoms with Crippen molar-refractivity contribution in [2.24, 2.45) is 0 Å². The minimum absolute atomic E-state index is 0.0955. The molecule has 0 aromatic carbocycles. The predicted octanol–water partition coefficient (Wildman–Crippen LogP) is -0.567. The monoisotopic (exact) mass is 274 g/mol. The number of methoxy groups -OCH3 is 1. The van der Waals surface area contributed by atoms with Gasteiger partial charge in [0.25, 0.3) is 0 Å². The van der Waals surface area contributed by atoms with Crippen molar-refractivity contribution in [3.8, 4) is 0 Å².